The van der Waals surface area contributed by atoms with Crippen molar-refractivity contribution in [3.8, 4) is 11.5 Å². The van der Waals surface area contributed by atoms with Crippen LogP contribution in [0.25, 0.3) is 0 Å². The summed E-state index contributed by atoms with van der Waals surface area (Å²) in [5.41, 5.74) is 4.49. The van der Waals surface area contributed by atoms with Gasteiger partial charge in [-0.25, -0.2) is 0 Å². The molecule has 0 fully saturated rings. The number of nitrogens with one attached hydrogen (secondary N) is 1. The van der Waals surface area contributed by atoms with Gasteiger partial charge in [-0.3, -0.25) is 4.79 Å². The lowest BCUT2D eigenvalue weighted by Crippen LogP contribution is -2.29. The molecule has 1 heterocycles. The van der Waals surface area contributed by atoms with E-state index in [2.05, 4.69) is 5.32 Å². The molecule has 4 rings (SSSR count). The lowest BCUT2D eigenvalue weighted by molar-refractivity contribution is -0.137. The Labute approximate surface area is 209 Å². The molecule has 0 saturated heterocycles. The molecule has 0 saturated carbocycles. The van der Waals surface area contributed by atoms with Crippen LogP contribution in [0.15, 0.2) is 42.5 Å². The van der Waals surface area contributed by atoms with E-state index in [1.54, 1.807) is 20.3 Å². The first-order valence-electron chi connectivity index (χ1n) is 12.1. The Balaban J connectivity index is 1.56. The van der Waals surface area contributed by atoms with Gasteiger partial charge in [0.25, 0.3) is 5.91 Å². The summed E-state index contributed by atoms with van der Waals surface area (Å²) < 4.78 is 52.4. The summed E-state index contributed by atoms with van der Waals surface area (Å²) in [7, 11) is 3.15. The minimum atomic E-state index is -4.41. The van der Waals surface area contributed by atoms with Gasteiger partial charge in [-0.05, 0) is 85.5 Å². The predicted molar refractivity (Wildman–Crippen MR) is 132 cm³/mol. The molecule has 8 heteroatoms. The van der Waals surface area contributed by atoms with Crippen molar-refractivity contribution in [3.63, 3.8) is 0 Å². The zero-order valence-electron chi connectivity index (χ0n) is 20.8. The number of alkyl halides is 3. The van der Waals surface area contributed by atoms with E-state index >= 15 is 0 Å². The maximum Gasteiger partial charge on any atom is 0.416 e. The molecule has 1 aliphatic carbocycles. The SMILES string of the molecule is COc1ccc(CCNC(=O)c2c(C)c3c(n2Cc2cccc(C(F)(F)F)c2)CCCC3)cc1OC. The van der Waals surface area contributed by atoms with Gasteiger partial charge < -0.3 is 19.4 Å². The van der Waals surface area contributed by atoms with Gasteiger partial charge >= 0.3 is 6.18 Å². The third-order valence-electron chi connectivity index (χ3n) is 6.80. The highest BCUT2D eigenvalue weighted by molar-refractivity contribution is 5.95. The Morgan fingerprint density at radius 1 is 1.00 bits per heavy atom. The molecular weight excluding hydrogens is 469 g/mol. The Morgan fingerprint density at radius 2 is 1.75 bits per heavy atom. The number of amides is 1. The molecule has 36 heavy (non-hydrogen) atoms. The fourth-order valence-electron chi connectivity index (χ4n) is 5.01. The van der Waals surface area contributed by atoms with Crippen molar-refractivity contribution in [1.82, 2.24) is 9.88 Å². The number of rotatable bonds is 8. The van der Waals surface area contributed by atoms with Crippen molar-refractivity contribution in [3.05, 3.63) is 81.7 Å². The monoisotopic (exact) mass is 500 g/mol. The molecule has 0 radical (unpaired) electrons. The molecule has 3 aromatic rings. The van der Waals surface area contributed by atoms with Crippen molar-refractivity contribution < 1.29 is 27.4 Å². The number of benzene rings is 2. The summed E-state index contributed by atoms with van der Waals surface area (Å²) >= 11 is 0. The highest BCUT2D eigenvalue weighted by Gasteiger charge is 2.31. The van der Waals surface area contributed by atoms with Crippen molar-refractivity contribution >= 4 is 5.91 Å². The van der Waals surface area contributed by atoms with Gasteiger partial charge in [-0.2, -0.15) is 13.2 Å². The van der Waals surface area contributed by atoms with E-state index < -0.39 is 11.7 Å². The first kappa shape index (κ1) is 25.7. The Bertz CT molecular complexity index is 1250. The molecular formula is C28H31F3N2O3. The average molecular weight is 501 g/mol. The van der Waals surface area contributed by atoms with Crippen LogP contribution in [0.3, 0.4) is 0 Å². The highest BCUT2D eigenvalue weighted by atomic mass is 19.4. The molecule has 1 N–H and O–H groups in total. The predicted octanol–water partition coefficient (Wildman–Crippen LogP) is 5.73. The fourth-order valence-corrected chi connectivity index (χ4v) is 5.01. The summed E-state index contributed by atoms with van der Waals surface area (Å²) in [4.78, 5) is 13.4. The van der Waals surface area contributed by atoms with Crippen molar-refractivity contribution in [1.29, 1.82) is 0 Å². The maximum atomic E-state index is 13.4. The van der Waals surface area contributed by atoms with Crippen molar-refractivity contribution in [2.24, 2.45) is 0 Å². The van der Waals surface area contributed by atoms with E-state index in [0.717, 1.165) is 54.1 Å². The maximum absolute atomic E-state index is 13.4. The van der Waals surface area contributed by atoms with Gasteiger partial charge in [-0.15, -0.1) is 0 Å². The van der Waals surface area contributed by atoms with E-state index in [0.29, 0.717) is 35.7 Å². The molecule has 1 aliphatic rings. The second kappa shape index (κ2) is 10.7. The second-order valence-corrected chi connectivity index (χ2v) is 9.09. The molecule has 5 nitrogen and oxygen atoms in total. The van der Waals surface area contributed by atoms with Gasteiger partial charge in [0.2, 0.25) is 0 Å². The van der Waals surface area contributed by atoms with E-state index in [9.17, 15) is 18.0 Å². The van der Waals surface area contributed by atoms with Gasteiger partial charge in [0.15, 0.2) is 11.5 Å². The van der Waals surface area contributed by atoms with Crippen molar-refractivity contribution in [2.45, 2.75) is 51.7 Å². The van der Waals surface area contributed by atoms with E-state index in [4.69, 9.17) is 9.47 Å². The first-order chi connectivity index (χ1) is 17.2. The summed E-state index contributed by atoms with van der Waals surface area (Å²) in [5, 5.41) is 3.01. The zero-order chi connectivity index (χ0) is 25.9. The normalized spacial score (nSPS) is 13.3. The number of ether oxygens (including phenoxy) is 2. The number of hydrogen-bond donors (Lipinski definition) is 1. The van der Waals surface area contributed by atoms with Crippen LogP contribution in [-0.4, -0.2) is 31.2 Å². The smallest absolute Gasteiger partial charge is 0.416 e. The molecule has 0 bridgehead atoms. The third-order valence-corrected chi connectivity index (χ3v) is 6.80. The third kappa shape index (κ3) is 5.37. The minimum Gasteiger partial charge on any atom is -0.493 e. The van der Waals surface area contributed by atoms with Crippen LogP contribution in [0.4, 0.5) is 13.2 Å². The van der Waals surface area contributed by atoms with Crippen LogP contribution < -0.4 is 14.8 Å². The highest BCUT2D eigenvalue weighted by Crippen LogP contribution is 2.33. The number of methoxy groups -OCH3 is 2. The molecule has 0 unspecified atom stereocenters. The number of aromatic nitrogens is 1. The van der Waals surface area contributed by atoms with Crippen molar-refractivity contribution in [2.75, 3.05) is 20.8 Å². The molecule has 1 amide bonds. The average Bonchev–Trinajstić information content (AvgIpc) is 3.15. The number of nitrogens with zero attached hydrogens (tertiary/aromatic N) is 1. The van der Waals surface area contributed by atoms with Crippen LogP contribution in [0.2, 0.25) is 0 Å². The number of hydrogen-bond acceptors (Lipinski definition) is 3. The van der Waals surface area contributed by atoms with Crippen LogP contribution in [0.5, 0.6) is 11.5 Å². The Kier molecular flexibility index (Phi) is 7.62. The number of carbonyl (C=O) groups is 1. The summed E-state index contributed by atoms with van der Waals surface area (Å²) in [6.07, 6.45) is -0.0799. The first-order valence-corrected chi connectivity index (χ1v) is 12.1. The number of halogens is 3. The van der Waals surface area contributed by atoms with Gasteiger partial charge in [0.1, 0.15) is 5.69 Å². The quantitative estimate of drug-likeness (QED) is 0.430. The van der Waals surface area contributed by atoms with Crippen LogP contribution in [0, 0.1) is 6.92 Å². The molecule has 2 aromatic carbocycles. The number of carbonyl (C=O) groups excluding carboxylic acids is 1. The van der Waals surface area contributed by atoms with E-state index in [-0.39, 0.29) is 12.5 Å². The largest absolute Gasteiger partial charge is 0.493 e. The standard InChI is InChI=1S/C28H31F3N2O3/c1-18-22-9-4-5-10-23(22)33(17-20-7-6-8-21(15-20)28(29,30)31)26(18)27(34)32-14-13-19-11-12-24(35-2)25(16-19)36-3/h6-8,11-12,15-16H,4-5,9-10,13-14,17H2,1-3H3,(H,32,34). The Hall–Kier alpha value is -3.42. The molecule has 0 atom stereocenters. The lowest BCUT2D eigenvalue weighted by atomic mass is 9.95. The molecule has 1 aromatic heterocycles. The number of fused-ring (bicyclic) bond motifs is 1. The van der Waals surface area contributed by atoms with Crippen LogP contribution >= 0.6 is 0 Å². The summed E-state index contributed by atoms with van der Waals surface area (Å²) in [6.45, 7) is 2.57. The van der Waals surface area contributed by atoms with E-state index in [1.807, 2.05) is 29.7 Å². The summed E-state index contributed by atoms with van der Waals surface area (Å²) in [6, 6.07) is 11.0. The minimum absolute atomic E-state index is 0.214. The van der Waals surface area contributed by atoms with Gasteiger partial charge in [0, 0.05) is 18.8 Å². The van der Waals surface area contributed by atoms with E-state index in [1.165, 1.54) is 12.1 Å². The lowest BCUT2D eigenvalue weighted by Gasteiger charge is -2.18. The Morgan fingerprint density at radius 3 is 2.47 bits per heavy atom. The molecule has 192 valence electrons. The topological polar surface area (TPSA) is 52.5 Å². The molecule has 0 aliphatic heterocycles. The van der Waals surface area contributed by atoms with Crippen LogP contribution in [0.1, 0.15) is 56.8 Å². The fraction of sp³-hybridized carbons (Fsp3) is 0.393. The van der Waals surface area contributed by atoms with Gasteiger partial charge in [0.05, 0.1) is 19.8 Å². The summed E-state index contributed by atoms with van der Waals surface area (Å²) in [5.74, 6) is 1.05. The molecule has 0 spiro atoms. The van der Waals surface area contributed by atoms with Gasteiger partial charge in [-0.1, -0.05) is 18.2 Å². The zero-order valence-corrected chi connectivity index (χ0v) is 20.8. The van der Waals surface area contributed by atoms with Crippen LogP contribution in [-0.2, 0) is 32.0 Å². The second-order valence-electron chi connectivity index (χ2n) is 9.09.